The largest absolute Gasteiger partial charge is 0.490 e. The molecule has 0 aliphatic carbocycles. The van der Waals surface area contributed by atoms with E-state index in [2.05, 4.69) is 13.8 Å². The van der Waals surface area contributed by atoms with Gasteiger partial charge in [0.15, 0.2) is 11.5 Å². The highest BCUT2D eigenvalue weighted by Gasteiger charge is 2.09. The molecule has 1 aromatic rings. The molecule has 2 N–H and O–H groups in total. The summed E-state index contributed by atoms with van der Waals surface area (Å²) in [5, 5.41) is 0. The SMILES string of the molecule is CCCOc1ccccc1OC(CC)CN. The Labute approximate surface area is 97.6 Å². The molecule has 0 aromatic heterocycles. The van der Waals surface area contributed by atoms with Crippen LogP contribution in [0.5, 0.6) is 11.5 Å². The second kappa shape index (κ2) is 7.12. The highest BCUT2D eigenvalue weighted by atomic mass is 16.5. The lowest BCUT2D eigenvalue weighted by molar-refractivity contribution is 0.191. The molecule has 1 unspecified atom stereocenters. The van der Waals surface area contributed by atoms with Crippen molar-refractivity contribution >= 4 is 0 Å². The van der Waals surface area contributed by atoms with E-state index >= 15 is 0 Å². The van der Waals surface area contributed by atoms with E-state index in [-0.39, 0.29) is 6.10 Å². The van der Waals surface area contributed by atoms with E-state index in [9.17, 15) is 0 Å². The molecular weight excluding hydrogens is 202 g/mol. The maximum atomic E-state index is 5.79. The quantitative estimate of drug-likeness (QED) is 0.772. The molecular formula is C13H21NO2. The smallest absolute Gasteiger partial charge is 0.161 e. The number of hydrogen-bond donors (Lipinski definition) is 1. The number of rotatable bonds is 7. The van der Waals surface area contributed by atoms with Crippen LogP contribution in [0.1, 0.15) is 26.7 Å². The van der Waals surface area contributed by atoms with Gasteiger partial charge in [-0.3, -0.25) is 0 Å². The molecule has 3 nitrogen and oxygen atoms in total. The molecule has 0 saturated carbocycles. The van der Waals surface area contributed by atoms with E-state index < -0.39 is 0 Å². The monoisotopic (exact) mass is 223 g/mol. The lowest BCUT2D eigenvalue weighted by Crippen LogP contribution is -2.25. The average molecular weight is 223 g/mol. The third-order valence-corrected chi connectivity index (χ3v) is 2.32. The maximum Gasteiger partial charge on any atom is 0.161 e. The van der Waals surface area contributed by atoms with E-state index in [1.807, 2.05) is 24.3 Å². The van der Waals surface area contributed by atoms with Gasteiger partial charge in [0.25, 0.3) is 0 Å². The highest BCUT2D eigenvalue weighted by molar-refractivity contribution is 5.39. The van der Waals surface area contributed by atoms with Gasteiger partial charge in [0.05, 0.1) is 6.61 Å². The standard InChI is InChI=1S/C13H21NO2/c1-3-9-15-12-7-5-6-8-13(12)16-11(4-2)10-14/h5-8,11H,3-4,9-10,14H2,1-2H3. The Morgan fingerprint density at radius 3 is 2.44 bits per heavy atom. The van der Waals surface area contributed by atoms with Crippen LogP contribution < -0.4 is 15.2 Å². The van der Waals surface area contributed by atoms with Gasteiger partial charge in [0.2, 0.25) is 0 Å². The van der Waals surface area contributed by atoms with Crippen LogP contribution in [-0.2, 0) is 0 Å². The minimum atomic E-state index is 0.0615. The molecule has 0 radical (unpaired) electrons. The molecule has 3 heteroatoms. The number of benzene rings is 1. The second-order valence-electron chi connectivity index (χ2n) is 3.68. The summed E-state index contributed by atoms with van der Waals surface area (Å²) < 4.78 is 11.4. The van der Waals surface area contributed by atoms with E-state index in [4.69, 9.17) is 15.2 Å². The number of hydrogen-bond acceptors (Lipinski definition) is 3. The van der Waals surface area contributed by atoms with Crippen LogP contribution in [-0.4, -0.2) is 19.3 Å². The van der Waals surface area contributed by atoms with Crippen molar-refractivity contribution in [2.75, 3.05) is 13.2 Å². The van der Waals surface area contributed by atoms with E-state index in [0.717, 1.165) is 24.3 Å². The molecule has 16 heavy (non-hydrogen) atoms. The summed E-state index contributed by atoms with van der Waals surface area (Å²) in [6, 6.07) is 7.73. The number of para-hydroxylation sites is 2. The number of nitrogens with two attached hydrogens (primary N) is 1. The predicted octanol–water partition coefficient (Wildman–Crippen LogP) is 2.59. The van der Waals surface area contributed by atoms with Crippen molar-refractivity contribution in [2.45, 2.75) is 32.8 Å². The van der Waals surface area contributed by atoms with Gasteiger partial charge in [-0.1, -0.05) is 26.0 Å². The molecule has 0 spiro atoms. The fourth-order valence-corrected chi connectivity index (χ4v) is 1.36. The van der Waals surface area contributed by atoms with Gasteiger partial charge in [-0.25, -0.2) is 0 Å². The van der Waals surface area contributed by atoms with Gasteiger partial charge in [-0.15, -0.1) is 0 Å². The zero-order valence-electron chi connectivity index (χ0n) is 10.1. The maximum absolute atomic E-state index is 5.79. The van der Waals surface area contributed by atoms with Crippen LogP contribution in [0.2, 0.25) is 0 Å². The summed E-state index contributed by atoms with van der Waals surface area (Å²) in [5.74, 6) is 1.59. The molecule has 0 heterocycles. The zero-order valence-corrected chi connectivity index (χ0v) is 10.1. The first-order chi connectivity index (χ1) is 7.81. The van der Waals surface area contributed by atoms with Crippen LogP contribution in [0.25, 0.3) is 0 Å². The lowest BCUT2D eigenvalue weighted by atomic mass is 10.2. The zero-order chi connectivity index (χ0) is 11.8. The minimum absolute atomic E-state index is 0.0615. The fraction of sp³-hybridized carbons (Fsp3) is 0.538. The predicted molar refractivity (Wildman–Crippen MR) is 66.0 cm³/mol. The summed E-state index contributed by atoms with van der Waals surface area (Å²) in [6.45, 7) is 5.38. The van der Waals surface area contributed by atoms with Gasteiger partial charge >= 0.3 is 0 Å². The Bertz CT molecular complexity index is 298. The molecule has 1 atom stereocenters. The number of ether oxygens (including phenoxy) is 2. The Hall–Kier alpha value is -1.22. The van der Waals surface area contributed by atoms with Gasteiger partial charge < -0.3 is 15.2 Å². The Balaban J connectivity index is 2.69. The Morgan fingerprint density at radius 1 is 1.19 bits per heavy atom. The molecule has 0 aliphatic rings. The van der Waals surface area contributed by atoms with Crippen molar-refractivity contribution in [3.63, 3.8) is 0 Å². The second-order valence-corrected chi connectivity index (χ2v) is 3.68. The molecule has 0 saturated heterocycles. The first kappa shape index (κ1) is 12.8. The molecule has 0 amide bonds. The van der Waals surface area contributed by atoms with Crippen LogP contribution in [0.15, 0.2) is 24.3 Å². The highest BCUT2D eigenvalue weighted by Crippen LogP contribution is 2.27. The average Bonchev–Trinajstić information content (AvgIpc) is 2.34. The van der Waals surface area contributed by atoms with E-state index in [1.165, 1.54) is 0 Å². The first-order valence-electron chi connectivity index (χ1n) is 5.90. The third-order valence-electron chi connectivity index (χ3n) is 2.32. The summed E-state index contributed by atoms with van der Waals surface area (Å²) in [5.41, 5.74) is 5.62. The summed E-state index contributed by atoms with van der Waals surface area (Å²) in [4.78, 5) is 0. The molecule has 0 fully saturated rings. The van der Waals surface area contributed by atoms with Gasteiger partial charge in [-0.05, 0) is 25.0 Å². The van der Waals surface area contributed by atoms with Crippen molar-refractivity contribution in [3.05, 3.63) is 24.3 Å². The van der Waals surface area contributed by atoms with Crippen molar-refractivity contribution in [3.8, 4) is 11.5 Å². The minimum Gasteiger partial charge on any atom is -0.490 e. The van der Waals surface area contributed by atoms with Crippen LogP contribution >= 0.6 is 0 Å². The molecule has 1 aromatic carbocycles. The summed E-state index contributed by atoms with van der Waals surface area (Å²) in [7, 11) is 0. The van der Waals surface area contributed by atoms with E-state index in [1.54, 1.807) is 0 Å². The molecule has 90 valence electrons. The van der Waals surface area contributed by atoms with Gasteiger partial charge in [0.1, 0.15) is 6.10 Å². The Morgan fingerprint density at radius 2 is 1.88 bits per heavy atom. The molecule has 0 aliphatic heterocycles. The normalized spacial score (nSPS) is 12.2. The topological polar surface area (TPSA) is 44.5 Å². The van der Waals surface area contributed by atoms with Crippen LogP contribution in [0.3, 0.4) is 0 Å². The fourth-order valence-electron chi connectivity index (χ4n) is 1.36. The van der Waals surface area contributed by atoms with Crippen molar-refractivity contribution < 1.29 is 9.47 Å². The first-order valence-corrected chi connectivity index (χ1v) is 5.90. The van der Waals surface area contributed by atoms with Crippen LogP contribution in [0, 0.1) is 0 Å². The molecule has 0 bridgehead atoms. The van der Waals surface area contributed by atoms with Crippen LogP contribution in [0.4, 0.5) is 0 Å². The Kier molecular flexibility index (Phi) is 5.72. The van der Waals surface area contributed by atoms with Crippen molar-refractivity contribution in [1.29, 1.82) is 0 Å². The molecule has 1 rings (SSSR count). The van der Waals surface area contributed by atoms with Gasteiger partial charge in [0, 0.05) is 6.54 Å². The van der Waals surface area contributed by atoms with Gasteiger partial charge in [-0.2, -0.15) is 0 Å². The van der Waals surface area contributed by atoms with Crippen molar-refractivity contribution in [2.24, 2.45) is 5.73 Å². The summed E-state index contributed by atoms with van der Waals surface area (Å²) in [6.07, 6.45) is 1.95. The third kappa shape index (κ3) is 3.74. The van der Waals surface area contributed by atoms with Crippen molar-refractivity contribution in [1.82, 2.24) is 0 Å². The summed E-state index contributed by atoms with van der Waals surface area (Å²) >= 11 is 0. The van der Waals surface area contributed by atoms with E-state index in [0.29, 0.717) is 13.2 Å². The lowest BCUT2D eigenvalue weighted by Gasteiger charge is -2.18.